The molecule has 6 nitrogen and oxygen atoms in total. The lowest BCUT2D eigenvalue weighted by atomic mass is 9.79. The lowest BCUT2D eigenvalue weighted by molar-refractivity contribution is -0.119. The first-order valence-corrected chi connectivity index (χ1v) is 10.1. The summed E-state index contributed by atoms with van der Waals surface area (Å²) < 4.78 is 6.14. The summed E-state index contributed by atoms with van der Waals surface area (Å²) >= 11 is 0. The Hall–Kier alpha value is -2.24. The van der Waals surface area contributed by atoms with Crippen LogP contribution in [0.2, 0.25) is 0 Å². The third-order valence-corrected chi connectivity index (χ3v) is 6.12. The molecule has 0 radical (unpaired) electrons. The topological polar surface area (TPSA) is 66.0 Å². The van der Waals surface area contributed by atoms with Gasteiger partial charge in [0.25, 0.3) is 0 Å². The molecule has 1 saturated carbocycles. The minimum absolute atomic E-state index is 0.0677. The molecule has 2 heterocycles. The summed E-state index contributed by atoms with van der Waals surface area (Å²) in [6.45, 7) is 3.34. The fourth-order valence-electron chi connectivity index (χ4n) is 4.37. The van der Waals surface area contributed by atoms with Gasteiger partial charge >= 0.3 is 0 Å². The summed E-state index contributed by atoms with van der Waals surface area (Å²) in [7, 11) is 1.83. The Labute approximate surface area is 161 Å². The quantitative estimate of drug-likeness (QED) is 0.630. The van der Waals surface area contributed by atoms with Gasteiger partial charge in [-0.1, -0.05) is 18.2 Å². The Morgan fingerprint density at radius 3 is 2.93 bits per heavy atom. The molecule has 1 spiro atoms. The van der Waals surface area contributed by atoms with Gasteiger partial charge in [0.2, 0.25) is 5.91 Å². The van der Waals surface area contributed by atoms with Crippen molar-refractivity contribution >= 4 is 11.9 Å². The van der Waals surface area contributed by atoms with Gasteiger partial charge in [-0.15, -0.1) is 0 Å². The fourth-order valence-corrected chi connectivity index (χ4v) is 4.37. The number of carbonyl (C=O) groups excluding carboxylic acids is 1. The normalized spacial score (nSPS) is 26.0. The standard InChI is InChI=1S/C21H30N4O2/c1-22-20(25-11-5-10-21(15-25)12-19(26)24-14-21)23-13-16-6-2-3-9-18(16)27-17-7-4-8-17/h2-3,6,9,17H,4-5,7-8,10-15H2,1H3,(H,22,23)(H,24,26). The van der Waals surface area contributed by atoms with Crippen LogP contribution in [0.3, 0.4) is 0 Å². The minimum Gasteiger partial charge on any atom is -0.490 e. The first-order chi connectivity index (χ1) is 13.2. The molecule has 1 aliphatic carbocycles. The zero-order valence-corrected chi connectivity index (χ0v) is 16.2. The highest BCUT2D eigenvalue weighted by molar-refractivity contribution is 5.81. The minimum atomic E-state index is 0.0677. The number of hydrogen-bond donors (Lipinski definition) is 2. The number of para-hydroxylation sites is 1. The molecule has 2 saturated heterocycles. The zero-order chi connectivity index (χ0) is 18.7. The molecule has 0 bridgehead atoms. The van der Waals surface area contributed by atoms with Gasteiger partial charge in [-0.2, -0.15) is 0 Å². The number of amides is 1. The molecule has 27 heavy (non-hydrogen) atoms. The van der Waals surface area contributed by atoms with E-state index in [-0.39, 0.29) is 11.3 Å². The van der Waals surface area contributed by atoms with E-state index in [1.54, 1.807) is 0 Å². The second-order valence-corrected chi connectivity index (χ2v) is 8.16. The summed E-state index contributed by atoms with van der Waals surface area (Å²) in [5, 5.41) is 6.52. The number of nitrogens with zero attached hydrogens (tertiary/aromatic N) is 2. The fraction of sp³-hybridized carbons (Fsp3) is 0.619. The molecule has 4 rings (SSSR count). The summed E-state index contributed by atoms with van der Waals surface area (Å²) in [4.78, 5) is 18.5. The number of nitrogens with one attached hydrogen (secondary N) is 2. The molecular weight excluding hydrogens is 340 g/mol. The Morgan fingerprint density at radius 2 is 2.22 bits per heavy atom. The van der Waals surface area contributed by atoms with Crippen molar-refractivity contribution in [2.24, 2.45) is 10.4 Å². The number of carbonyl (C=O) groups is 1. The molecule has 1 aromatic rings. The molecule has 2 aliphatic heterocycles. The Bertz CT molecular complexity index is 716. The van der Waals surface area contributed by atoms with Crippen LogP contribution in [0, 0.1) is 5.41 Å². The number of rotatable bonds is 4. The van der Waals surface area contributed by atoms with Crippen LogP contribution in [0.25, 0.3) is 0 Å². The largest absolute Gasteiger partial charge is 0.490 e. The van der Waals surface area contributed by atoms with Crippen molar-refractivity contribution in [3.8, 4) is 5.75 Å². The molecule has 1 unspecified atom stereocenters. The Kier molecular flexibility index (Phi) is 5.23. The van der Waals surface area contributed by atoms with Gasteiger partial charge in [-0.3, -0.25) is 9.79 Å². The van der Waals surface area contributed by atoms with Gasteiger partial charge in [0.15, 0.2) is 5.96 Å². The number of ether oxygens (including phenoxy) is 1. The highest BCUT2D eigenvalue weighted by Gasteiger charge is 2.42. The van der Waals surface area contributed by atoms with Crippen molar-refractivity contribution in [3.63, 3.8) is 0 Å². The van der Waals surface area contributed by atoms with Crippen LogP contribution in [0.4, 0.5) is 0 Å². The third-order valence-electron chi connectivity index (χ3n) is 6.12. The average molecular weight is 370 g/mol. The second kappa shape index (κ2) is 7.79. The van der Waals surface area contributed by atoms with Crippen molar-refractivity contribution in [3.05, 3.63) is 29.8 Å². The SMILES string of the molecule is CN=C(NCc1ccccc1OC1CCC1)N1CCCC2(CNC(=O)C2)C1. The lowest BCUT2D eigenvalue weighted by Crippen LogP contribution is -2.51. The maximum absolute atomic E-state index is 11.7. The van der Waals surface area contributed by atoms with Crippen LogP contribution in [0.15, 0.2) is 29.3 Å². The second-order valence-electron chi connectivity index (χ2n) is 8.16. The number of aliphatic imine (C=N–C) groups is 1. The Balaban J connectivity index is 1.39. The van der Waals surface area contributed by atoms with E-state index in [9.17, 15) is 4.79 Å². The van der Waals surface area contributed by atoms with Crippen LogP contribution >= 0.6 is 0 Å². The molecule has 2 N–H and O–H groups in total. The molecule has 6 heteroatoms. The van der Waals surface area contributed by atoms with E-state index < -0.39 is 0 Å². The summed E-state index contributed by atoms with van der Waals surface area (Å²) in [6, 6.07) is 8.26. The van der Waals surface area contributed by atoms with Gasteiger partial charge in [0.05, 0.1) is 6.10 Å². The van der Waals surface area contributed by atoms with Gasteiger partial charge in [-0.05, 0) is 38.2 Å². The van der Waals surface area contributed by atoms with E-state index in [0.29, 0.717) is 19.1 Å². The van der Waals surface area contributed by atoms with Crippen molar-refractivity contribution in [2.75, 3.05) is 26.7 Å². The molecule has 3 aliphatic rings. The summed E-state index contributed by atoms with van der Waals surface area (Å²) in [6.07, 6.45) is 6.80. The van der Waals surface area contributed by atoms with E-state index in [4.69, 9.17) is 4.74 Å². The van der Waals surface area contributed by atoms with E-state index in [1.165, 1.54) is 6.42 Å². The number of piperidine rings is 1. The number of hydrogen-bond acceptors (Lipinski definition) is 3. The number of benzene rings is 1. The molecule has 3 fully saturated rings. The van der Waals surface area contributed by atoms with Crippen LogP contribution < -0.4 is 15.4 Å². The summed E-state index contributed by atoms with van der Waals surface area (Å²) in [5.74, 6) is 2.07. The van der Waals surface area contributed by atoms with Gasteiger partial charge < -0.3 is 20.3 Å². The Morgan fingerprint density at radius 1 is 1.37 bits per heavy atom. The highest BCUT2D eigenvalue weighted by Crippen LogP contribution is 2.36. The molecule has 1 aromatic carbocycles. The smallest absolute Gasteiger partial charge is 0.220 e. The highest BCUT2D eigenvalue weighted by atomic mass is 16.5. The first kappa shape index (κ1) is 18.1. The van der Waals surface area contributed by atoms with Crippen molar-refractivity contribution in [2.45, 2.75) is 51.2 Å². The predicted molar refractivity (Wildman–Crippen MR) is 106 cm³/mol. The summed E-state index contributed by atoms with van der Waals surface area (Å²) in [5.41, 5.74) is 1.23. The van der Waals surface area contributed by atoms with E-state index >= 15 is 0 Å². The first-order valence-electron chi connectivity index (χ1n) is 10.1. The number of guanidine groups is 1. The molecule has 1 atom stereocenters. The van der Waals surface area contributed by atoms with Gasteiger partial charge in [0, 0.05) is 50.6 Å². The molecule has 0 aromatic heterocycles. The lowest BCUT2D eigenvalue weighted by Gasteiger charge is -2.40. The maximum Gasteiger partial charge on any atom is 0.220 e. The molecule has 146 valence electrons. The predicted octanol–water partition coefficient (Wildman–Crippen LogP) is 2.30. The van der Waals surface area contributed by atoms with Gasteiger partial charge in [-0.25, -0.2) is 0 Å². The molecular formula is C21H30N4O2. The van der Waals surface area contributed by atoms with Crippen LogP contribution in [-0.2, 0) is 11.3 Å². The van der Waals surface area contributed by atoms with E-state index in [2.05, 4.69) is 38.7 Å². The average Bonchev–Trinajstić information content (AvgIpc) is 2.99. The van der Waals surface area contributed by atoms with Crippen molar-refractivity contribution < 1.29 is 9.53 Å². The van der Waals surface area contributed by atoms with E-state index in [0.717, 1.165) is 62.6 Å². The van der Waals surface area contributed by atoms with Crippen LogP contribution in [0.1, 0.15) is 44.1 Å². The number of likely N-dealkylation sites (tertiary alicyclic amines) is 1. The van der Waals surface area contributed by atoms with Crippen LogP contribution in [-0.4, -0.2) is 49.6 Å². The van der Waals surface area contributed by atoms with E-state index in [1.807, 2.05) is 13.1 Å². The third kappa shape index (κ3) is 4.04. The van der Waals surface area contributed by atoms with Crippen LogP contribution in [0.5, 0.6) is 5.75 Å². The van der Waals surface area contributed by atoms with Gasteiger partial charge in [0.1, 0.15) is 5.75 Å². The zero-order valence-electron chi connectivity index (χ0n) is 16.2. The maximum atomic E-state index is 11.7. The van der Waals surface area contributed by atoms with Crippen molar-refractivity contribution in [1.29, 1.82) is 0 Å². The monoisotopic (exact) mass is 370 g/mol. The van der Waals surface area contributed by atoms with Crippen molar-refractivity contribution in [1.82, 2.24) is 15.5 Å². The molecule has 1 amide bonds.